The summed E-state index contributed by atoms with van der Waals surface area (Å²) in [5, 5.41) is 7.01. The summed E-state index contributed by atoms with van der Waals surface area (Å²) in [6.07, 6.45) is 1.08. The number of benzene rings is 1. The second kappa shape index (κ2) is 5.11. The van der Waals surface area contributed by atoms with Crippen LogP contribution in [0.4, 0.5) is 4.39 Å². The molecule has 0 unspecified atom stereocenters. The number of halogens is 1. The highest BCUT2D eigenvalue weighted by Crippen LogP contribution is 2.12. The second-order valence-corrected chi connectivity index (χ2v) is 4.89. The summed E-state index contributed by atoms with van der Waals surface area (Å²) in [5.41, 5.74) is 0.862. The van der Waals surface area contributed by atoms with Gasteiger partial charge < -0.3 is 15.6 Å². The van der Waals surface area contributed by atoms with Crippen LogP contribution in [-0.2, 0) is 6.54 Å². The number of rotatable bonds is 3. The van der Waals surface area contributed by atoms with E-state index in [1.807, 2.05) is 0 Å². The summed E-state index contributed by atoms with van der Waals surface area (Å²) >= 11 is 0. The van der Waals surface area contributed by atoms with Crippen molar-refractivity contribution in [3.8, 4) is 0 Å². The molecule has 1 saturated heterocycles. The van der Waals surface area contributed by atoms with Crippen LogP contribution < -0.4 is 16.1 Å². The molecule has 1 aliphatic heterocycles. The fourth-order valence-corrected chi connectivity index (χ4v) is 2.47. The van der Waals surface area contributed by atoms with E-state index in [0.717, 1.165) is 25.2 Å². The van der Waals surface area contributed by atoms with Crippen LogP contribution >= 0.6 is 0 Å². The highest BCUT2D eigenvalue weighted by atomic mass is 19.1. The Kier molecular flexibility index (Phi) is 3.31. The van der Waals surface area contributed by atoms with E-state index < -0.39 is 0 Å². The first kappa shape index (κ1) is 12.3. The van der Waals surface area contributed by atoms with E-state index >= 15 is 0 Å². The number of aromatic amines is 1. The SMILES string of the molecule is O=c1cc(CN[C@@H]2CCNC2)[nH]c2c(F)cccc12. The van der Waals surface area contributed by atoms with Crippen LogP contribution in [-0.4, -0.2) is 24.1 Å². The zero-order chi connectivity index (χ0) is 13.2. The molecule has 1 aromatic carbocycles. The van der Waals surface area contributed by atoms with Gasteiger partial charge in [-0.1, -0.05) is 6.07 Å². The Morgan fingerprint density at radius 3 is 3.11 bits per heavy atom. The van der Waals surface area contributed by atoms with Gasteiger partial charge in [0.25, 0.3) is 0 Å². The largest absolute Gasteiger partial charge is 0.355 e. The van der Waals surface area contributed by atoms with Crippen LogP contribution in [0.2, 0.25) is 0 Å². The van der Waals surface area contributed by atoms with E-state index in [4.69, 9.17) is 0 Å². The monoisotopic (exact) mass is 261 g/mol. The molecule has 0 amide bonds. The molecule has 0 bridgehead atoms. The highest BCUT2D eigenvalue weighted by molar-refractivity contribution is 5.78. The van der Waals surface area contributed by atoms with Crippen molar-refractivity contribution in [1.29, 1.82) is 0 Å². The summed E-state index contributed by atoms with van der Waals surface area (Å²) in [6.45, 7) is 2.50. The third-order valence-corrected chi connectivity index (χ3v) is 3.51. The maximum absolute atomic E-state index is 13.7. The predicted molar refractivity (Wildman–Crippen MR) is 72.6 cm³/mol. The normalized spacial score (nSPS) is 19.1. The molecule has 0 saturated carbocycles. The molecular formula is C14H16FN3O. The molecule has 0 spiro atoms. The van der Waals surface area contributed by atoms with Crippen molar-refractivity contribution in [2.45, 2.75) is 19.0 Å². The number of aromatic nitrogens is 1. The number of nitrogens with one attached hydrogen (secondary N) is 3. The summed E-state index contributed by atoms with van der Waals surface area (Å²) in [7, 11) is 0. The molecule has 2 aromatic rings. The Morgan fingerprint density at radius 2 is 2.32 bits per heavy atom. The molecule has 0 aliphatic carbocycles. The Balaban J connectivity index is 1.87. The molecule has 4 nitrogen and oxygen atoms in total. The summed E-state index contributed by atoms with van der Waals surface area (Å²) < 4.78 is 13.7. The maximum atomic E-state index is 13.7. The quantitative estimate of drug-likeness (QED) is 0.776. The van der Waals surface area contributed by atoms with Gasteiger partial charge in [0.05, 0.1) is 5.52 Å². The minimum absolute atomic E-state index is 0.144. The standard InChI is InChI=1S/C14H16FN3O/c15-12-3-1-2-11-13(19)6-10(18-14(11)12)8-17-9-4-5-16-7-9/h1-3,6,9,16-17H,4-5,7-8H2,(H,18,19)/t9-/m1/s1. The first-order chi connectivity index (χ1) is 9.24. The smallest absolute Gasteiger partial charge is 0.189 e. The third-order valence-electron chi connectivity index (χ3n) is 3.51. The highest BCUT2D eigenvalue weighted by Gasteiger charge is 2.13. The van der Waals surface area contributed by atoms with E-state index in [1.165, 1.54) is 12.1 Å². The fraction of sp³-hybridized carbons (Fsp3) is 0.357. The van der Waals surface area contributed by atoms with Crippen molar-refractivity contribution in [3.05, 3.63) is 46.0 Å². The van der Waals surface area contributed by atoms with Gasteiger partial charge >= 0.3 is 0 Å². The minimum atomic E-state index is -0.390. The van der Waals surface area contributed by atoms with Crippen molar-refractivity contribution < 1.29 is 4.39 Å². The predicted octanol–water partition coefficient (Wildman–Crippen LogP) is 1.12. The number of hydrogen-bond acceptors (Lipinski definition) is 3. The molecule has 1 atom stereocenters. The van der Waals surface area contributed by atoms with Crippen LogP contribution in [0.25, 0.3) is 10.9 Å². The van der Waals surface area contributed by atoms with Gasteiger partial charge in [-0.25, -0.2) is 4.39 Å². The zero-order valence-corrected chi connectivity index (χ0v) is 10.5. The Morgan fingerprint density at radius 1 is 1.42 bits per heavy atom. The number of pyridine rings is 1. The molecule has 100 valence electrons. The first-order valence-corrected chi connectivity index (χ1v) is 6.48. The molecule has 3 N–H and O–H groups in total. The summed E-state index contributed by atoms with van der Waals surface area (Å²) in [6, 6.07) is 6.50. The summed E-state index contributed by atoms with van der Waals surface area (Å²) in [5.74, 6) is -0.390. The van der Waals surface area contributed by atoms with E-state index in [0.29, 0.717) is 18.0 Å². The molecular weight excluding hydrogens is 245 g/mol. The topological polar surface area (TPSA) is 56.9 Å². The van der Waals surface area contributed by atoms with Crippen LogP contribution in [0.5, 0.6) is 0 Å². The Hall–Kier alpha value is -1.72. The molecule has 1 aromatic heterocycles. The molecule has 5 heteroatoms. The zero-order valence-electron chi connectivity index (χ0n) is 10.5. The average molecular weight is 261 g/mol. The first-order valence-electron chi connectivity index (χ1n) is 6.48. The van der Waals surface area contributed by atoms with E-state index in [1.54, 1.807) is 12.1 Å². The molecule has 2 heterocycles. The molecule has 19 heavy (non-hydrogen) atoms. The van der Waals surface area contributed by atoms with Crippen molar-refractivity contribution in [3.63, 3.8) is 0 Å². The lowest BCUT2D eigenvalue weighted by Crippen LogP contribution is -2.31. The van der Waals surface area contributed by atoms with E-state index in [2.05, 4.69) is 15.6 Å². The van der Waals surface area contributed by atoms with Crippen LogP contribution in [0.1, 0.15) is 12.1 Å². The number of hydrogen-bond donors (Lipinski definition) is 3. The molecule has 1 fully saturated rings. The van der Waals surface area contributed by atoms with Gasteiger partial charge in [-0.2, -0.15) is 0 Å². The fourth-order valence-electron chi connectivity index (χ4n) is 2.47. The molecule has 0 radical (unpaired) electrons. The maximum Gasteiger partial charge on any atom is 0.189 e. The van der Waals surface area contributed by atoms with Crippen LogP contribution in [0.3, 0.4) is 0 Å². The van der Waals surface area contributed by atoms with Gasteiger partial charge in [-0.05, 0) is 25.1 Å². The van der Waals surface area contributed by atoms with Gasteiger partial charge in [0.1, 0.15) is 5.82 Å². The van der Waals surface area contributed by atoms with Crippen LogP contribution in [0.15, 0.2) is 29.1 Å². The van der Waals surface area contributed by atoms with Gasteiger partial charge in [0.2, 0.25) is 0 Å². The van der Waals surface area contributed by atoms with Crippen LogP contribution in [0, 0.1) is 5.82 Å². The Labute approximate surface area is 110 Å². The molecule has 3 rings (SSSR count). The van der Waals surface area contributed by atoms with Gasteiger partial charge in [-0.15, -0.1) is 0 Å². The van der Waals surface area contributed by atoms with E-state index in [-0.39, 0.29) is 16.8 Å². The van der Waals surface area contributed by atoms with Gasteiger partial charge in [0.15, 0.2) is 5.43 Å². The van der Waals surface area contributed by atoms with E-state index in [9.17, 15) is 9.18 Å². The lowest BCUT2D eigenvalue weighted by molar-refractivity contribution is 0.542. The lowest BCUT2D eigenvalue weighted by Gasteiger charge is -2.11. The molecule has 1 aliphatic rings. The van der Waals surface area contributed by atoms with Crippen molar-refractivity contribution in [2.75, 3.05) is 13.1 Å². The number of para-hydroxylation sites is 1. The third kappa shape index (κ3) is 2.52. The number of fused-ring (bicyclic) bond motifs is 1. The van der Waals surface area contributed by atoms with Gasteiger partial charge in [0, 0.05) is 36.3 Å². The Bertz CT molecular complexity index is 647. The van der Waals surface area contributed by atoms with Crippen molar-refractivity contribution >= 4 is 10.9 Å². The minimum Gasteiger partial charge on any atom is -0.355 e. The van der Waals surface area contributed by atoms with Crippen molar-refractivity contribution in [1.82, 2.24) is 15.6 Å². The summed E-state index contributed by atoms with van der Waals surface area (Å²) in [4.78, 5) is 14.9. The van der Waals surface area contributed by atoms with Gasteiger partial charge in [-0.3, -0.25) is 4.79 Å². The average Bonchev–Trinajstić information content (AvgIpc) is 2.91. The van der Waals surface area contributed by atoms with Crippen molar-refractivity contribution in [2.24, 2.45) is 0 Å². The lowest BCUT2D eigenvalue weighted by atomic mass is 10.2. The number of H-pyrrole nitrogens is 1. The second-order valence-electron chi connectivity index (χ2n) is 4.89.